The lowest BCUT2D eigenvalue weighted by molar-refractivity contribution is -0.132. The minimum Gasteiger partial charge on any atom is -0.483 e. The molecule has 0 saturated carbocycles. The van der Waals surface area contributed by atoms with Gasteiger partial charge in [-0.2, -0.15) is 0 Å². The van der Waals surface area contributed by atoms with Crippen LogP contribution in [0.15, 0.2) is 66.7 Å². The molecule has 1 N–H and O–H groups in total. The van der Waals surface area contributed by atoms with Gasteiger partial charge in [0.15, 0.2) is 18.1 Å². The fourth-order valence-electron chi connectivity index (χ4n) is 4.97. The van der Waals surface area contributed by atoms with Crippen LogP contribution in [0.2, 0.25) is 0 Å². The molecule has 0 aliphatic carbocycles. The quantitative estimate of drug-likeness (QED) is 0.564. The van der Waals surface area contributed by atoms with Crippen molar-refractivity contribution in [2.45, 2.75) is 25.6 Å². The summed E-state index contributed by atoms with van der Waals surface area (Å²) in [7, 11) is 0. The molecular weight excluding hydrogens is 458 g/mol. The molecule has 6 rings (SSSR count). The molecule has 1 saturated heterocycles. The van der Waals surface area contributed by atoms with Crippen molar-refractivity contribution in [3.8, 4) is 17.2 Å². The van der Waals surface area contributed by atoms with E-state index in [1.165, 1.54) is 0 Å². The topological polar surface area (TPSA) is 80.3 Å². The van der Waals surface area contributed by atoms with Gasteiger partial charge in [-0.05, 0) is 48.7 Å². The van der Waals surface area contributed by atoms with E-state index in [9.17, 15) is 9.59 Å². The lowest BCUT2D eigenvalue weighted by atomic mass is 10.0. The second-order valence-corrected chi connectivity index (χ2v) is 9.13. The van der Waals surface area contributed by atoms with Crippen molar-refractivity contribution < 1.29 is 23.8 Å². The van der Waals surface area contributed by atoms with Crippen LogP contribution in [0.4, 0.5) is 5.69 Å². The molecule has 1 fully saturated rings. The van der Waals surface area contributed by atoms with Gasteiger partial charge in [0.05, 0.1) is 5.56 Å². The van der Waals surface area contributed by atoms with Crippen molar-refractivity contribution in [1.82, 2.24) is 9.80 Å². The van der Waals surface area contributed by atoms with Gasteiger partial charge in [0.2, 0.25) is 6.79 Å². The molecule has 0 unspecified atom stereocenters. The van der Waals surface area contributed by atoms with Crippen LogP contribution >= 0.6 is 0 Å². The zero-order valence-electron chi connectivity index (χ0n) is 19.8. The second kappa shape index (κ2) is 9.45. The standard InChI is InChI=1S/C28H27N3O5/c32-26(30-13-5-6-14-30)17-34-23-10-4-2-8-21(23)27-29-22-9-3-1-7-20(22)28(33)31(27)16-19-11-12-24-25(15-19)36-18-35-24/h1-4,7-12,15,27,29H,5-6,13-14,16-18H2/t27-/m0/s1. The van der Waals surface area contributed by atoms with Crippen molar-refractivity contribution in [2.75, 3.05) is 31.8 Å². The summed E-state index contributed by atoms with van der Waals surface area (Å²) in [6, 6.07) is 20.8. The summed E-state index contributed by atoms with van der Waals surface area (Å²) in [4.78, 5) is 30.0. The number of amides is 2. The largest absolute Gasteiger partial charge is 0.483 e. The van der Waals surface area contributed by atoms with Gasteiger partial charge < -0.3 is 29.3 Å². The molecule has 36 heavy (non-hydrogen) atoms. The fourth-order valence-corrected chi connectivity index (χ4v) is 4.97. The number of benzene rings is 3. The van der Waals surface area contributed by atoms with Crippen LogP contribution in [0.3, 0.4) is 0 Å². The van der Waals surface area contributed by atoms with Crippen LogP contribution in [0, 0.1) is 0 Å². The van der Waals surface area contributed by atoms with Crippen molar-refractivity contribution >= 4 is 17.5 Å². The van der Waals surface area contributed by atoms with E-state index < -0.39 is 6.17 Å². The van der Waals surface area contributed by atoms with Crippen LogP contribution in [0.1, 0.15) is 40.5 Å². The Labute approximate surface area is 209 Å². The zero-order chi connectivity index (χ0) is 24.5. The maximum Gasteiger partial charge on any atom is 0.260 e. The van der Waals surface area contributed by atoms with E-state index in [2.05, 4.69) is 5.32 Å². The highest BCUT2D eigenvalue weighted by Gasteiger charge is 2.35. The van der Waals surface area contributed by atoms with Gasteiger partial charge in [-0.1, -0.05) is 36.4 Å². The monoisotopic (exact) mass is 485 g/mol. The predicted molar refractivity (Wildman–Crippen MR) is 133 cm³/mol. The molecule has 8 heteroatoms. The average molecular weight is 486 g/mol. The third-order valence-corrected chi connectivity index (χ3v) is 6.84. The lowest BCUT2D eigenvalue weighted by Crippen LogP contribution is -2.42. The van der Waals surface area contributed by atoms with Crippen molar-refractivity contribution in [2.24, 2.45) is 0 Å². The highest BCUT2D eigenvalue weighted by Crippen LogP contribution is 2.39. The Kier molecular flexibility index (Phi) is 5.85. The van der Waals surface area contributed by atoms with E-state index in [-0.39, 0.29) is 25.2 Å². The minimum atomic E-state index is -0.490. The molecule has 3 aliphatic rings. The molecule has 1 atom stereocenters. The molecule has 3 aliphatic heterocycles. The Morgan fingerprint density at radius 3 is 2.64 bits per heavy atom. The van der Waals surface area contributed by atoms with Gasteiger partial charge in [0.25, 0.3) is 11.8 Å². The van der Waals surface area contributed by atoms with Gasteiger partial charge in [0, 0.05) is 30.9 Å². The fraction of sp³-hybridized carbons (Fsp3) is 0.286. The second-order valence-electron chi connectivity index (χ2n) is 9.13. The number of likely N-dealkylation sites (tertiary alicyclic amines) is 1. The Morgan fingerprint density at radius 2 is 1.75 bits per heavy atom. The first-order valence-corrected chi connectivity index (χ1v) is 12.2. The first-order valence-electron chi connectivity index (χ1n) is 12.2. The Hall–Kier alpha value is -4.20. The number of hydrogen-bond donors (Lipinski definition) is 1. The number of carbonyl (C=O) groups excluding carboxylic acids is 2. The minimum absolute atomic E-state index is 0.0162. The molecule has 3 aromatic carbocycles. The average Bonchev–Trinajstić information content (AvgIpc) is 3.61. The number of fused-ring (bicyclic) bond motifs is 2. The van der Waals surface area contributed by atoms with Gasteiger partial charge in [-0.25, -0.2) is 0 Å². The summed E-state index contributed by atoms with van der Waals surface area (Å²) in [5.74, 6) is 1.84. The Bertz CT molecular complexity index is 1300. The highest BCUT2D eigenvalue weighted by atomic mass is 16.7. The van der Waals surface area contributed by atoms with E-state index in [4.69, 9.17) is 14.2 Å². The molecule has 2 amide bonds. The summed E-state index contributed by atoms with van der Waals surface area (Å²) in [6.07, 6.45) is 1.57. The van der Waals surface area contributed by atoms with Crippen molar-refractivity contribution in [3.05, 3.63) is 83.4 Å². The maximum atomic E-state index is 13.7. The number of nitrogens with one attached hydrogen (secondary N) is 1. The molecule has 3 aromatic rings. The molecular formula is C28H27N3O5. The smallest absolute Gasteiger partial charge is 0.260 e. The van der Waals surface area contributed by atoms with E-state index in [1.807, 2.05) is 71.6 Å². The van der Waals surface area contributed by atoms with Crippen LogP contribution in [-0.4, -0.2) is 48.1 Å². The van der Waals surface area contributed by atoms with Gasteiger partial charge in [-0.3, -0.25) is 9.59 Å². The van der Waals surface area contributed by atoms with Crippen LogP contribution in [0.25, 0.3) is 0 Å². The van der Waals surface area contributed by atoms with Crippen molar-refractivity contribution in [1.29, 1.82) is 0 Å². The van der Waals surface area contributed by atoms with Crippen LogP contribution in [-0.2, 0) is 11.3 Å². The normalized spacial score (nSPS) is 18.1. The third-order valence-electron chi connectivity index (χ3n) is 6.84. The lowest BCUT2D eigenvalue weighted by Gasteiger charge is -2.38. The first-order chi connectivity index (χ1) is 17.7. The number of nitrogens with zero attached hydrogens (tertiary/aromatic N) is 2. The summed E-state index contributed by atoms with van der Waals surface area (Å²) < 4.78 is 17.0. The molecule has 0 radical (unpaired) electrons. The summed E-state index contributed by atoms with van der Waals surface area (Å²) in [5, 5.41) is 3.52. The molecule has 0 spiro atoms. The van der Waals surface area contributed by atoms with Crippen LogP contribution < -0.4 is 19.5 Å². The van der Waals surface area contributed by atoms with E-state index in [0.29, 0.717) is 29.4 Å². The van der Waals surface area contributed by atoms with Gasteiger partial charge >= 0.3 is 0 Å². The predicted octanol–water partition coefficient (Wildman–Crippen LogP) is 4.18. The van der Waals surface area contributed by atoms with E-state index in [0.717, 1.165) is 42.7 Å². The Morgan fingerprint density at radius 1 is 0.972 bits per heavy atom. The molecule has 0 aromatic heterocycles. The Balaban J connectivity index is 1.31. The third kappa shape index (κ3) is 4.19. The van der Waals surface area contributed by atoms with E-state index in [1.54, 1.807) is 4.90 Å². The number of carbonyl (C=O) groups is 2. The molecule has 184 valence electrons. The van der Waals surface area contributed by atoms with Crippen LogP contribution in [0.5, 0.6) is 17.2 Å². The number of hydrogen-bond acceptors (Lipinski definition) is 6. The van der Waals surface area contributed by atoms with Gasteiger partial charge in [0.1, 0.15) is 11.9 Å². The molecule has 0 bridgehead atoms. The van der Waals surface area contributed by atoms with Gasteiger partial charge in [-0.15, -0.1) is 0 Å². The summed E-state index contributed by atoms with van der Waals surface area (Å²) in [5.41, 5.74) is 3.08. The number of ether oxygens (including phenoxy) is 3. The molecule has 3 heterocycles. The SMILES string of the molecule is O=C(COc1ccccc1[C@H]1Nc2ccccc2C(=O)N1Cc1ccc2c(c1)OCO2)N1CCCC1. The van der Waals surface area contributed by atoms with Crippen molar-refractivity contribution in [3.63, 3.8) is 0 Å². The summed E-state index contributed by atoms with van der Waals surface area (Å²) in [6.45, 7) is 2.07. The number of para-hydroxylation sites is 2. The first kappa shape index (κ1) is 22.3. The maximum absolute atomic E-state index is 13.7. The highest BCUT2D eigenvalue weighted by molar-refractivity contribution is 6.01. The number of anilines is 1. The molecule has 8 nitrogen and oxygen atoms in total. The zero-order valence-corrected chi connectivity index (χ0v) is 19.8. The van der Waals surface area contributed by atoms with E-state index >= 15 is 0 Å². The summed E-state index contributed by atoms with van der Waals surface area (Å²) >= 11 is 0. The number of rotatable bonds is 6.